The molecule has 108 valence electrons. The van der Waals surface area contributed by atoms with E-state index >= 15 is 0 Å². The zero-order valence-electron chi connectivity index (χ0n) is 11.3. The van der Waals surface area contributed by atoms with Gasteiger partial charge in [-0.05, 0) is 30.0 Å². The van der Waals surface area contributed by atoms with Crippen LogP contribution in [0.15, 0.2) is 18.2 Å². The molecule has 2 aromatic rings. The minimum Gasteiger partial charge on any atom is -0.365 e. The number of aryl methyl sites for hydroxylation is 1. The lowest BCUT2D eigenvalue weighted by molar-refractivity contribution is -0.114. The number of anilines is 1. The van der Waals surface area contributed by atoms with Gasteiger partial charge in [0.15, 0.2) is 0 Å². The Morgan fingerprint density at radius 3 is 2.76 bits per heavy atom. The fraction of sp³-hybridized carbons (Fsp3) is 0.200. The molecule has 0 spiro atoms. The number of halogens is 1. The van der Waals surface area contributed by atoms with Gasteiger partial charge in [0.2, 0.25) is 5.91 Å². The third kappa shape index (κ3) is 2.32. The van der Waals surface area contributed by atoms with E-state index in [2.05, 4.69) is 5.32 Å². The lowest BCUT2D eigenvalue weighted by Crippen LogP contribution is -2.17. The topological polar surface area (TPSA) is 72.2 Å². The second kappa shape index (κ2) is 5.16. The maximum Gasteiger partial charge on any atom is 0.252 e. The number of amides is 2. The number of fused-ring (bicyclic) bond motifs is 3. The summed E-state index contributed by atoms with van der Waals surface area (Å²) in [6, 6.07) is 5.78. The molecule has 3 rings (SSSR count). The number of nitrogens with two attached hydrogens (primary N) is 1. The van der Waals surface area contributed by atoms with Crippen LogP contribution in [-0.4, -0.2) is 11.8 Å². The molecule has 4 nitrogen and oxygen atoms in total. The molecule has 3 N–H and O–H groups in total. The molecule has 0 atom stereocenters. The van der Waals surface area contributed by atoms with E-state index in [1.165, 1.54) is 18.3 Å². The van der Waals surface area contributed by atoms with Gasteiger partial charge in [-0.15, -0.1) is 11.3 Å². The van der Waals surface area contributed by atoms with Crippen molar-refractivity contribution < 1.29 is 9.59 Å². The largest absolute Gasteiger partial charge is 0.365 e. The molecule has 1 aliphatic carbocycles. The summed E-state index contributed by atoms with van der Waals surface area (Å²) in [5, 5.41) is 3.86. The number of primary amides is 1. The smallest absolute Gasteiger partial charge is 0.252 e. The molecule has 0 radical (unpaired) electrons. The van der Waals surface area contributed by atoms with Crippen LogP contribution < -0.4 is 11.1 Å². The Morgan fingerprint density at radius 1 is 1.33 bits per heavy atom. The molecule has 1 heterocycles. The van der Waals surface area contributed by atoms with Crippen molar-refractivity contribution in [2.75, 3.05) is 5.32 Å². The SMILES string of the molecule is CC(=O)Nc1sc2c(c1C(N)=O)CCc1cccc(Cl)c1-2. The molecule has 0 aliphatic heterocycles. The zero-order chi connectivity index (χ0) is 15.1. The molecular weight excluding hydrogens is 308 g/mol. The highest BCUT2D eigenvalue weighted by Gasteiger charge is 2.28. The summed E-state index contributed by atoms with van der Waals surface area (Å²) in [4.78, 5) is 24.0. The first-order valence-corrected chi connectivity index (χ1v) is 7.69. The third-order valence-corrected chi connectivity index (χ3v) is 4.99. The van der Waals surface area contributed by atoms with E-state index in [4.69, 9.17) is 17.3 Å². The predicted molar refractivity (Wildman–Crippen MR) is 85.0 cm³/mol. The van der Waals surface area contributed by atoms with Crippen LogP contribution in [0.2, 0.25) is 5.02 Å². The summed E-state index contributed by atoms with van der Waals surface area (Å²) in [6.07, 6.45) is 1.52. The summed E-state index contributed by atoms with van der Waals surface area (Å²) < 4.78 is 0. The van der Waals surface area contributed by atoms with Gasteiger partial charge in [-0.2, -0.15) is 0 Å². The maximum atomic E-state index is 11.8. The molecule has 6 heteroatoms. The number of carbonyl (C=O) groups excluding carboxylic acids is 2. The molecular formula is C15H13ClN2O2S. The number of carbonyl (C=O) groups is 2. The predicted octanol–water partition coefficient (Wildman–Crippen LogP) is 3.22. The van der Waals surface area contributed by atoms with Crippen molar-refractivity contribution in [1.82, 2.24) is 0 Å². The fourth-order valence-corrected chi connectivity index (χ4v) is 4.45. The van der Waals surface area contributed by atoms with Crippen molar-refractivity contribution in [2.24, 2.45) is 5.73 Å². The van der Waals surface area contributed by atoms with Gasteiger partial charge in [-0.25, -0.2) is 0 Å². The normalized spacial score (nSPS) is 12.5. The third-order valence-electron chi connectivity index (χ3n) is 3.51. The number of benzene rings is 1. The molecule has 21 heavy (non-hydrogen) atoms. The summed E-state index contributed by atoms with van der Waals surface area (Å²) in [6.45, 7) is 1.41. The molecule has 2 amide bonds. The first-order chi connectivity index (χ1) is 9.99. The van der Waals surface area contributed by atoms with Gasteiger partial charge in [0.25, 0.3) is 5.91 Å². The average molecular weight is 321 g/mol. The zero-order valence-corrected chi connectivity index (χ0v) is 12.9. The molecule has 0 bridgehead atoms. The quantitative estimate of drug-likeness (QED) is 0.891. The van der Waals surface area contributed by atoms with Crippen LogP contribution in [0, 0.1) is 0 Å². The molecule has 0 saturated carbocycles. The van der Waals surface area contributed by atoms with Crippen molar-refractivity contribution in [3.63, 3.8) is 0 Å². The number of nitrogens with one attached hydrogen (secondary N) is 1. The van der Waals surface area contributed by atoms with Crippen LogP contribution in [0.1, 0.15) is 28.4 Å². The Morgan fingerprint density at radius 2 is 2.10 bits per heavy atom. The first-order valence-electron chi connectivity index (χ1n) is 6.50. The van der Waals surface area contributed by atoms with Crippen molar-refractivity contribution >= 4 is 39.8 Å². The highest BCUT2D eigenvalue weighted by Crippen LogP contribution is 2.47. The van der Waals surface area contributed by atoms with Crippen molar-refractivity contribution in [3.05, 3.63) is 39.9 Å². The Kier molecular flexibility index (Phi) is 3.47. The first kappa shape index (κ1) is 14.1. The van der Waals surface area contributed by atoms with Crippen LogP contribution in [0.5, 0.6) is 0 Å². The number of rotatable bonds is 2. The summed E-state index contributed by atoms with van der Waals surface area (Å²) in [7, 11) is 0. The molecule has 0 saturated heterocycles. The van der Waals surface area contributed by atoms with E-state index in [0.717, 1.165) is 34.4 Å². The Hall–Kier alpha value is -1.85. The van der Waals surface area contributed by atoms with Crippen LogP contribution in [0.3, 0.4) is 0 Å². The second-order valence-corrected chi connectivity index (χ2v) is 6.36. The summed E-state index contributed by atoms with van der Waals surface area (Å²) in [5.74, 6) is -0.748. The van der Waals surface area contributed by atoms with Crippen molar-refractivity contribution in [1.29, 1.82) is 0 Å². The van der Waals surface area contributed by atoms with E-state index in [-0.39, 0.29) is 5.91 Å². The lowest BCUT2D eigenvalue weighted by atomic mass is 9.89. The van der Waals surface area contributed by atoms with E-state index < -0.39 is 5.91 Å². The lowest BCUT2D eigenvalue weighted by Gasteiger charge is -2.17. The Balaban J connectivity index is 2.26. The van der Waals surface area contributed by atoms with E-state index in [1.807, 2.05) is 18.2 Å². The maximum absolute atomic E-state index is 11.8. The highest BCUT2D eigenvalue weighted by molar-refractivity contribution is 7.20. The molecule has 0 fully saturated rings. The standard InChI is InChI=1S/C15H13ClN2O2S/c1-7(19)18-15-12(14(17)20)9-6-5-8-3-2-4-10(16)11(8)13(9)21-15/h2-4H,5-6H2,1H3,(H2,17,20)(H,18,19). The number of hydrogen-bond donors (Lipinski definition) is 2. The fourth-order valence-electron chi connectivity index (χ4n) is 2.71. The summed E-state index contributed by atoms with van der Waals surface area (Å²) in [5.41, 5.74) is 8.90. The number of hydrogen-bond acceptors (Lipinski definition) is 3. The van der Waals surface area contributed by atoms with Gasteiger partial charge in [0.05, 0.1) is 5.56 Å². The minimum absolute atomic E-state index is 0.226. The van der Waals surface area contributed by atoms with E-state index in [1.54, 1.807) is 0 Å². The van der Waals surface area contributed by atoms with Crippen LogP contribution >= 0.6 is 22.9 Å². The van der Waals surface area contributed by atoms with Gasteiger partial charge in [-0.1, -0.05) is 23.7 Å². The van der Waals surface area contributed by atoms with Gasteiger partial charge in [0, 0.05) is 22.4 Å². The molecule has 1 aromatic heterocycles. The minimum atomic E-state index is -0.522. The molecule has 0 unspecified atom stereocenters. The summed E-state index contributed by atoms with van der Waals surface area (Å²) >= 11 is 7.68. The van der Waals surface area contributed by atoms with Crippen LogP contribution in [-0.2, 0) is 17.6 Å². The van der Waals surface area contributed by atoms with Gasteiger partial charge in [-0.3, -0.25) is 9.59 Å². The van der Waals surface area contributed by atoms with Gasteiger partial charge in [0.1, 0.15) is 5.00 Å². The number of thiophene rings is 1. The molecule has 1 aromatic carbocycles. The van der Waals surface area contributed by atoms with E-state index in [0.29, 0.717) is 15.6 Å². The Bertz CT molecular complexity index is 767. The highest BCUT2D eigenvalue weighted by atomic mass is 35.5. The van der Waals surface area contributed by atoms with Crippen molar-refractivity contribution in [2.45, 2.75) is 19.8 Å². The second-order valence-electron chi connectivity index (χ2n) is 4.93. The van der Waals surface area contributed by atoms with Gasteiger partial charge >= 0.3 is 0 Å². The van der Waals surface area contributed by atoms with Gasteiger partial charge < -0.3 is 11.1 Å². The van der Waals surface area contributed by atoms with Crippen LogP contribution in [0.25, 0.3) is 10.4 Å². The van der Waals surface area contributed by atoms with Crippen LogP contribution in [0.4, 0.5) is 5.00 Å². The van der Waals surface area contributed by atoms with Crippen molar-refractivity contribution in [3.8, 4) is 10.4 Å². The average Bonchev–Trinajstić information content (AvgIpc) is 2.75. The molecule has 1 aliphatic rings. The monoisotopic (exact) mass is 320 g/mol. The Labute approximate surface area is 130 Å². The van der Waals surface area contributed by atoms with E-state index in [9.17, 15) is 9.59 Å².